The van der Waals surface area contributed by atoms with Crippen LogP contribution in [0.5, 0.6) is 0 Å². The van der Waals surface area contributed by atoms with Gasteiger partial charge in [-0.3, -0.25) is 52.7 Å². The van der Waals surface area contributed by atoms with E-state index in [2.05, 4.69) is 53.2 Å². The second kappa shape index (κ2) is 62.6. The Morgan fingerprint density at radius 3 is 0.984 bits per heavy atom. The van der Waals surface area contributed by atoms with Crippen molar-refractivity contribution < 1.29 is 160 Å². The van der Waals surface area contributed by atoms with Crippen molar-refractivity contribution in [3.63, 3.8) is 0 Å². The summed E-state index contributed by atoms with van der Waals surface area (Å²) in [5.74, 6) is -4.02. The van der Waals surface area contributed by atoms with Gasteiger partial charge in [-0.2, -0.15) is 0 Å². The minimum atomic E-state index is -2.84. The number of hydrogen-bond acceptors (Lipinski definition) is 32. The molecule has 0 aromatic heterocycles. The Morgan fingerprint density at radius 2 is 0.675 bits per heavy atom. The number of β-amino-alcohol motifs (C(OH)–C–C–N with tert-alkyl or cyclic N) is 1. The van der Waals surface area contributed by atoms with Crippen LogP contribution < -0.4 is 53.2 Å². The number of hydrogen-bond donors (Lipinski definition) is 21. The molecule has 0 radical (unpaired) electrons. The Labute approximate surface area is 718 Å². The summed E-state index contributed by atoms with van der Waals surface area (Å²) in [5.41, 5.74) is -1.46. The fourth-order valence-electron chi connectivity index (χ4n) is 13.9. The first kappa shape index (κ1) is 109. The topological polar surface area (TPSA) is 643 Å². The molecular formula is C78H139N11O33P+. The summed E-state index contributed by atoms with van der Waals surface area (Å²) in [6.07, 6.45) is -6.53. The molecule has 45 heteroatoms. The number of aliphatic hydroxyl groups excluding tert-OH is 10. The van der Waals surface area contributed by atoms with Crippen molar-refractivity contribution in [2.24, 2.45) is 0 Å². The van der Waals surface area contributed by atoms with Crippen LogP contribution in [-0.4, -0.2) is 367 Å². The van der Waals surface area contributed by atoms with Gasteiger partial charge in [-0.1, -0.05) is 38.5 Å². The van der Waals surface area contributed by atoms with E-state index in [-0.39, 0.29) is 193 Å². The molecule has 4 fully saturated rings. The molecule has 4 heterocycles. The summed E-state index contributed by atoms with van der Waals surface area (Å²) in [4.78, 5) is 150. The summed E-state index contributed by atoms with van der Waals surface area (Å²) in [7, 11) is -2.84. The van der Waals surface area contributed by atoms with Gasteiger partial charge in [0.1, 0.15) is 85.2 Å². The molecule has 708 valence electrons. The summed E-state index contributed by atoms with van der Waals surface area (Å²) >= 11 is 0. The number of rotatable bonds is 66. The van der Waals surface area contributed by atoms with Gasteiger partial charge in [0, 0.05) is 142 Å². The zero-order valence-electron chi connectivity index (χ0n) is 71.1. The highest BCUT2D eigenvalue weighted by Gasteiger charge is 2.48. The molecule has 21 N–H and O–H groups in total. The van der Waals surface area contributed by atoms with Gasteiger partial charge >= 0.3 is 8.25 Å². The molecule has 18 atom stereocenters. The van der Waals surface area contributed by atoms with E-state index in [9.17, 15) is 108 Å². The normalized spacial score (nSPS) is 25.0. The molecule has 44 nitrogen and oxygen atoms in total. The monoisotopic (exact) mass is 1790 g/mol. The van der Waals surface area contributed by atoms with E-state index >= 15 is 0 Å². The lowest BCUT2D eigenvalue weighted by molar-refractivity contribution is -0.270. The quantitative estimate of drug-likeness (QED) is 0.0200. The van der Waals surface area contributed by atoms with Gasteiger partial charge in [0.15, 0.2) is 18.9 Å². The summed E-state index contributed by atoms with van der Waals surface area (Å²) in [5, 5.41) is 129. The minimum absolute atomic E-state index is 0.0665. The van der Waals surface area contributed by atoms with Crippen molar-refractivity contribution in [3.8, 4) is 0 Å². The molecular weight excluding hydrogens is 1650 g/mol. The molecule has 0 saturated carbocycles. The van der Waals surface area contributed by atoms with Crippen molar-refractivity contribution in [2.45, 2.75) is 297 Å². The largest absolute Gasteiger partial charge is 0.694 e. The molecule has 0 aromatic rings. The van der Waals surface area contributed by atoms with Crippen LogP contribution in [0.25, 0.3) is 0 Å². The van der Waals surface area contributed by atoms with E-state index in [1.165, 1.54) is 25.7 Å². The number of ether oxygens (including phenoxy) is 9. The highest BCUT2D eigenvalue weighted by atomic mass is 31.1. The Morgan fingerprint density at radius 1 is 0.382 bits per heavy atom. The highest BCUT2D eigenvalue weighted by molar-refractivity contribution is 7.32. The molecule has 0 spiro atoms. The molecule has 123 heavy (non-hydrogen) atoms. The van der Waals surface area contributed by atoms with Crippen molar-refractivity contribution in [3.05, 3.63) is 0 Å². The van der Waals surface area contributed by atoms with Crippen LogP contribution in [-0.2, 0) is 104 Å². The third-order valence-corrected chi connectivity index (χ3v) is 21.0. The number of nitrogens with zero attached hydrogens (tertiary/aromatic N) is 1. The molecule has 0 aromatic carbocycles. The smallest absolute Gasteiger partial charge is 0.394 e. The van der Waals surface area contributed by atoms with Gasteiger partial charge in [-0.25, -0.2) is 0 Å². The Bertz CT molecular complexity index is 2890. The zero-order valence-corrected chi connectivity index (χ0v) is 72.0. The maximum absolute atomic E-state index is 14.1. The summed E-state index contributed by atoms with van der Waals surface area (Å²) in [6, 6.07) is -3.80. The minimum Gasteiger partial charge on any atom is -0.394 e. The molecule has 0 bridgehead atoms. The van der Waals surface area contributed by atoms with Crippen molar-refractivity contribution in [1.29, 1.82) is 0 Å². The lowest BCUT2D eigenvalue weighted by atomic mass is 9.97. The van der Waals surface area contributed by atoms with Crippen LogP contribution in [0.4, 0.5) is 0 Å². The maximum Gasteiger partial charge on any atom is 0.694 e. The molecule has 4 aliphatic rings. The number of likely N-dealkylation sites (tertiary alicyclic amines) is 1. The third kappa shape index (κ3) is 44.6. The van der Waals surface area contributed by atoms with E-state index in [0.29, 0.717) is 77.0 Å². The van der Waals surface area contributed by atoms with Gasteiger partial charge in [-0.15, -0.1) is 9.42 Å². The summed E-state index contributed by atoms with van der Waals surface area (Å²) < 4.78 is 68.1. The van der Waals surface area contributed by atoms with Crippen LogP contribution in [0.3, 0.4) is 0 Å². The standard InChI is InChI=1S/C78H138N11O33P/c1-50(93)85-66-72(108)69(105)55(43-90)120-75(66)116-35-15-12-21-58(97)79-29-18-32-82-61(100)26-38-113-47-78(88-64(103)24-10-8-6-4-5-7-9-11-25-65(104)89-42-54(96)41-53(89)46-119-123(111)112,48-114-39-27-62(101)83-33-19-30-80-59(98)22-13-16-36-117-76-67(86-51(2)94)73(109)70(106)56(44-91)121-76)49-115-40-28-63(102)84-34-20-31-81-60(99)23-14-17-37-118-77-68(87-52(3)95)74(110)71(107)57(45-92)122-77/h53-57,66-77,90-92,96,105-110H,4-49H2,1-3H3,(H10-,79,80,81,82,83,84,85,86,87,88,93,94,95,97,98,99,100,101,102,103,111,112)/p+1/t53-,54+,55?,56?,57?,66?,67?,68?,69?,70?,71?,72?,73?,74?,75?,76?,77?,78?/m0/s1. The SMILES string of the molecule is CC(=O)NC1C(OCCCCC(=O)NCCCNC(=O)CCOCC(COCCC(=O)NCCCNC(=O)CCCCOC2OC(CO)C(O)C(O)C2NC(C)=O)(COCCC(=O)NCCCNC(=O)CCCCOC2OC(CO)C(O)C(O)C2NC(C)=O)NC(=O)CCCCCCCCCCC(=O)N2C[C@H](O)C[C@H]2CO[P+](=O)O)OC(CO)C(O)C1O. The zero-order chi connectivity index (χ0) is 90.5. The van der Waals surface area contributed by atoms with Crippen LogP contribution in [0.1, 0.15) is 188 Å². The molecule has 11 amide bonds. The van der Waals surface area contributed by atoms with Gasteiger partial charge in [0.05, 0.1) is 71.6 Å². The van der Waals surface area contributed by atoms with Crippen LogP contribution in [0.2, 0.25) is 0 Å². The van der Waals surface area contributed by atoms with E-state index in [0.717, 1.165) is 32.1 Å². The first-order valence-corrected chi connectivity index (χ1v) is 44.0. The van der Waals surface area contributed by atoms with Gasteiger partial charge in [-0.05, 0) is 77.0 Å². The fourth-order valence-corrected chi connectivity index (χ4v) is 14.2. The number of carbonyl (C=O) groups is 11. The van der Waals surface area contributed by atoms with E-state index in [4.69, 9.17) is 52.0 Å². The predicted molar refractivity (Wildman–Crippen MR) is 433 cm³/mol. The fraction of sp³-hybridized carbons (Fsp3) is 0.859. The number of unbranched alkanes of at least 4 members (excludes halogenated alkanes) is 10. The van der Waals surface area contributed by atoms with Crippen LogP contribution in [0.15, 0.2) is 0 Å². The summed E-state index contributed by atoms with van der Waals surface area (Å²) in [6.45, 7) is 2.05. The maximum atomic E-state index is 14.1. The number of carbonyl (C=O) groups excluding carboxylic acids is 11. The number of amides is 11. The molecule has 16 unspecified atom stereocenters. The van der Waals surface area contributed by atoms with E-state index in [1.54, 1.807) is 0 Å². The second-order valence-electron chi connectivity index (χ2n) is 31.1. The van der Waals surface area contributed by atoms with Crippen LogP contribution >= 0.6 is 8.25 Å². The van der Waals surface area contributed by atoms with Crippen molar-refractivity contribution in [2.75, 3.05) is 132 Å². The Balaban J connectivity index is 1.31. The Kier molecular flexibility index (Phi) is 55.3. The van der Waals surface area contributed by atoms with E-state index in [1.807, 2.05) is 0 Å². The van der Waals surface area contributed by atoms with Gasteiger partial charge in [0.2, 0.25) is 65.0 Å². The number of aliphatic hydroxyl groups is 10. The van der Waals surface area contributed by atoms with E-state index < -0.39 is 179 Å². The average molecular weight is 1790 g/mol. The number of nitrogens with one attached hydrogen (secondary N) is 10. The second-order valence-corrected chi connectivity index (χ2v) is 31.9. The first-order chi connectivity index (χ1) is 58.9. The highest BCUT2D eigenvalue weighted by Crippen LogP contribution is 2.28. The molecule has 4 rings (SSSR count). The predicted octanol–water partition coefficient (Wildman–Crippen LogP) is -5.15. The lowest BCUT2D eigenvalue weighted by Gasteiger charge is -2.42. The van der Waals surface area contributed by atoms with Crippen molar-refractivity contribution in [1.82, 2.24) is 58.1 Å². The average Bonchev–Trinajstić information content (AvgIpc) is 1.73. The molecule has 4 aliphatic heterocycles. The van der Waals surface area contributed by atoms with Gasteiger partial charge in [0.25, 0.3) is 0 Å². The Hall–Kier alpha value is -6.57. The molecule has 0 aliphatic carbocycles. The lowest BCUT2D eigenvalue weighted by Crippen LogP contribution is -2.64. The van der Waals surface area contributed by atoms with Crippen LogP contribution in [0, 0.1) is 0 Å². The molecule has 4 saturated heterocycles. The van der Waals surface area contributed by atoms with Gasteiger partial charge < -0.3 is 152 Å². The van der Waals surface area contributed by atoms with Crippen molar-refractivity contribution >= 4 is 73.2 Å². The third-order valence-electron chi connectivity index (χ3n) is 20.6. The first-order valence-electron chi connectivity index (χ1n) is 42.9.